The Balaban J connectivity index is 0.00000338. The molecule has 2 amide bonds. The molecule has 1 heterocycles. The number of nitrogens with zero attached hydrogens (tertiary/aromatic N) is 1. The first kappa shape index (κ1) is 22.3. The topological polar surface area (TPSA) is 84.7 Å². The molecule has 1 aliphatic rings. The summed E-state index contributed by atoms with van der Waals surface area (Å²) < 4.78 is 5.67. The van der Waals surface area contributed by atoms with Crippen molar-refractivity contribution in [1.82, 2.24) is 10.2 Å². The van der Waals surface area contributed by atoms with Crippen LogP contribution in [0.15, 0.2) is 30.3 Å². The van der Waals surface area contributed by atoms with Crippen molar-refractivity contribution < 1.29 is 14.3 Å². The lowest BCUT2D eigenvalue weighted by atomic mass is 9.95. The van der Waals surface area contributed by atoms with Gasteiger partial charge in [0.2, 0.25) is 11.8 Å². The molecule has 7 heteroatoms. The third-order valence-electron chi connectivity index (χ3n) is 4.53. The molecule has 2 unspecified atom stereocenters. The van der Waals surface area contributed by atoms with Gasteiger partial charge >= 0.3 is 0 Å². The number of carbonyl (C=O) groups excluding carboxylic acids is 2. The summed E-state index contributed by atoms with van der Waals surface area (Å²) in [6.45, 7) is 4.57. The van der Waals surface area contributed by atoms with Crippen molar-refractivity contribution in [1.29, 1.82) is 0 Å². The number of likely N-dealkylation sites (tertiary alicyclic amines) is 1. The fourth-order valence-electron chi connectivity index (χ4n) is 3.04. The number of rotatable bonds is 8. The van der Waals surface area contributed by atoms with E-state index in [0.717, 1.165) is 25.1 Å². The Labute approximate surface area is 161 Å². The van der Waals surface area contributed by atoms with Gasteiger partial charge in [0.15, 0.2) is 0 Å². The minimum Gasteiger partial charge on any atom is -0.494 e. The average Bonchev–Trinajstić information content (AvgIpc) is 2.66. The van der Waals surface area contributed by atoms with Crippen LogP contribution in [0.25, 0.3) is 0 Å². The molecule has 0 radical (unpaired) electrons. The number of hydrogen-bond donors (Lipinski definition) is 2. The summed E-state index contributed by atoms with van der Waals surface area (Å²) in [5.74, 6) is 0.680. The van der Waals surface area contributed by atoms with Gasteiger partial charge in [0, 0.05) is 32.1 Å². The summed E-state index contributed by atoms with van der Waals surface area (Å²) >= 11 is 0. The van der Waals surface area contributed by atoms with Gasteiger partial charge in [0.05, 0.1) is 12.5 Å². The van der Waals surface area contributed by atoms with E-state index in [-0.39, 0.29) is 36.1 Å². The van der Waals surface area contributed by atoms with Crippen molar-refractivity contribution >= 4 is 24.2 Å². The number of nitrogens with one attached hydrogen (secondary N) is 1. The maximum atomic E-state index is 12.6. The molecule has 0 saturated carbocycles. The van der Waals surface area contributed by atoms with Crippen LogP contribution in [0.2, 0.25) is 0 Å². The number of para-hydroxylation sites is 1. The van der Waals surface area contributed by atoms with Gasteiger partial charge in [0.1, 0.15) is 5.75 Å². The van der Waals surface area contributed by atoms with Crippen molar-refractivity contribution in [3.8, 4) is 5.75 Å². The molecule has 146 valence electrons. The van der Waals surface area contributed by atoms with Crippen LogP contribution in [-0.4, -0.2) is 49.5 Å². The SMILES string of the molecule is CC(CCOc1ccccc1)C(=O)N1CCCC(C(=O)NCCN)C1.Cl. The molecule has 1 aliphatic heterocycles. The normalized spacial score (nSPS) is 17.8. The number of piperidine rings is 1. The summed E-state index contributed by atoms with van der Waals surface area (Å²) in [5.41, 5.74) is 5.42. The van der Waals surface area contributed by atoms with E-state index in [2.05, 4.69) is 5.32 Å². The number of hydrogen-bond acceptors (Lipinski definition) is 4. The first-order valence-electron chi connectivity index (χ1n) is 9.06. The van der Waals surface area contributed by atoms with E-state index in [0.29, 0.717) is 32.7 Å². The van der Waals surface area contributed by atoms with Crippen molar-refractivity contribution in [2.24, 2.45) is 17.6 Å². The standard InChI is InChI=1S/C19H29N3O3.ClH/c1-15(9-13-25-17-7-3-2-4-8-17)19(24)22-12-5-6-16(14-22)18(23)21-11-10-20;/h2-4,7-8,15-16H,5-6,9-14,20H2,1H3,(H,21,23);1H. The van der Waals surface area contributed by atoms with Crippen LogP contribution in [0.4, 0.5) is 0 Å². The largest absolute Gasteiger partial charge is 0.494 e. The molecule has 0 bridgehead atoms. The van der Waals surface area contributed by atoms with Crippen LogP contribution in [0.3, 0.4) is 0 Å². The summed E-state index contributed by atoms with van der Waals surface area (Å²) in [6, 6.07) is 9.60. The van der Waals surface area contributed by atoms with Crippen molar-refractivity contribution in [3.05, 3.63) is 30.3 Å². The predicted octanol–water partition coefficient (Wildman–Crippen LogP) is 1.83. The van der Waals surface area contributed by atoms with Gasteiger partial charge in [0.25, 0.3) is 0 Å². The molecule has 1 aromatic rings. The zero-order valence-corrected chi connectivity index (χ0v) is 16.2. The van der Waals surface area contributed by atoms with E-state index in [1.165, 1.54) is 0 Å². The first-order chi connectivity index (χ1) is 12.1. The summed E-state index contributed by atoms with van der Waals surface area (Å²) in [5, 5.41) is 2.82. The molecule has 1 aromatic carbocycles. The Morgan fingerprint density at radius 3 is 2.77 bits per heavy atom. The minimum absolute atomic E-state index is 0. The molecule has 0 aromatic heterocycles. The van der Waals surface area contributed by atoms with Gasteiger partial charge in [-0.05, 0) is 31.4 Å². The fraction of sp³-hybridized carbons (Fsp3) is 0.579. The third-order valence-corrected chi connectivity index (χ3v) is 4.53. The zero-order chi connectivity index (χ0) is 18.1. The number of carbonyl (C=O) groups is 2. The maximum absolute atomic E-state index is 12.6. The second-order valence-corrected chi connectivity index (χ2v) is 6.55. The molecule has 0 spiro atoms. The number of nitrogens with two attached hydrogens (primary N) is 1. The lowest BCUT2D eigenvalue weighted by molar-refractivity contribution is -0.139. The second kappa shape index (κ2) is 11.8. The summed E-state index contributed by atoms with van der Waals surface area (Å²) in [7, 11) is 0. The number of amides is 2. The number of benzene rings is 1. The number of ether oxygens (including phenoxy) is 1. The van der Waals surface area contributed by atoms with Crippen LogP contribution < -0.4 is 15.8 Å². The van der Waals surface area contributed by atoms with Gasteiger partial charge in [-0.15, -0.1) is 12.4 Å². The number of halogens is 1. The minimum atomic E-state index is -0.128. The van der Waals surface area contributed by atoms with E-state index in [1.54, 1.807) is 0 Å². The monoisotopic (exact) mass is 383 g/mol. The van der Waals surface area contributed by atoms with E-state index in [1.807, 2.05) is 42.2 Å². The highest BCUT2D eigenvalue weighted by molar-refractivity contribution is 5.85. The highest BCUT2D eigenvalue weighted by Gasteiger charge is 2.30. The lowest BCUT2D eigenvalue weighted by Crippen LogP contribution is -2.47. The Hall–Kier alpha value is -1.79. The predicted molar refractivity (Wildman–Crippen MR) is 104 cm³/mol. The Morgan fingerprint density at radius 2 is 2.08 bits per heavy atom. The van der Waals surface area contributed by atoms with Crippen molar-refractivity contribution in [2.45, 2.75) is 26.2 Å². The maximum Gasteiger partial charge on any atom is 0.225 e. The Bertz CT molecular complexity index is 556. The Kier molecular flexibility index (Phi) is 10.1. The van der Waals surface area contributed by atoms with E-state index in [9.17, 15) is 9.59 Å². The van der Waals surface area contributed by atoms with Crippen LogP contribution in [0.5, 0.6) is 5.75 Å². The lowest BCUT2D eigenvalue weighted by Gasteiger charge is -2.33. The van der Waals surface area contributed by atoms with Crippen LogP contribution in [0.1, 0.15) is 26.2 Å². The third kappa shape index (κ3) is 6.84. The summed E-state index contributed by atoms with van der Waals surface area (Å²) in [4.78, 5) is 26.6. The Morgan fingerprint density at radius 1 is 1.35 bits per heavy atom. The van der Waals surface area contributed by atoms with Gasteiger partial charge in [-0.1, -0.05) is 25.1 Å². The molecule has 0 aliphatic carbocycles. The molecule has 3 N–H and O–H groups in total. The van der Waals surface area contributed by atoms with Crippen LogP contribution >= 0.6 is 12.4 Å². The molecular formula is C19H30ClN3O3. The first-order valence-corrected chi connectivity index (χ1v) is 9.06. The molecule has 26 heavy (non-hydrogen) atoms. The second-order valence-electron chi connectivity index (χ2n) is 6.55. The molecular weight excluding hydrogens is 354 g/mol. The van der Waals surface area contributed by atoms with E-state index in [4.69, 9.17) is 10.5 Å². The molecule has 2 atom stereocenters. The molecule has 2 rings (SSSR count). The van der Waals surface area contributed by atoms with Crippen molar-refractivity contribution in [2.75, 3.05) is 32.8 Å². The zero-order valence-electron chi connectivity index (χ0n) is 15.4. The van der Waals surface area contributed by atoms with Gasteiger partial charge < -0.3 is 20.7 Å². The smallest absolute Gasteiger partial charge is 0.225 e. The van der Waals surface area contributed by atoms with Crippen LogP contribution in [0, 0.1) is 11.8 Å². The molecule has 6 nitrogen and oxygen atoms in total. The highest BCUT2D eigenvalue weighted by atomic mass is 35.5. The highest BCUT2D eigenvalue weighted by Crippen LogP contribution is 2.20. The fourth-order valence-corrected chi connectivity index (χ4v) is 3.04. The van der Waals surface area contributed by atoms with Crippen LogP contribution in [-0.2, 0) is 9.59 Å². The van der Waals surface area contributed by atoms with Gasteiger partial charge in [-0.25, -0.2) is 0 Å². The van der Waals surface area contributed by atoms with E-state index < -0.39 is 0 Å². The van der Waals surface area contributed by atoms with Gasteiger partial charge in [-0.2, -0.15) is 0 Å². The van der Waals surface area contributed by atoms with Gasteiger partial charge in [-0.3, -0.25) is 9.59 Å². The average molecular weight is 384 g/mol. The molecule has 1 saturated heterocycles. The quantitative estimate of drug-likeness (QED) is 0.717. The summed E-state index contributed by atoms with van der Waals surface area (Å²) in [6.07, 6.45) is 2.35. The van der Waals surface area contributed by atoms with E-state index >= 15 is 0 Å². The van der Waals surface area contributed by atoms with Crippen molar-refractivity contribution in [3.63, 3.8) is 0 Å². The molecule has 1 fully saturated rings.